The van der Waals surface area contributed by atoms with Crippen molar-refractivity contribution in [2.24, 2.45) is 0 Å². The van der Waals surface area contributed by atoms with Crippen LogP contribution in [0.2, 0.25) is 0 Å². The Balaban J connectivity index is 1.32. The molecule has 2 aliphatic heterocycles. The van der Waals surface area contributed by atoms with Crippen LogP contribution in [0.25, 0.3) is 0 Å². The Morgan fingerprint density at radius 1 is 0.879 bits per heavy atom. The summed E-state index contributed by atoms with van der Waals surface area (Å²) in [6.07, 6.45) is 0.314. The van der Waals surface area contributed by atoms with Crippen molar-refractivity contribution in [2.45, 2.75) is 26.0 Å². The quantitative estimate of drug-likeness (QED) is 0.493. The number of furan rings is 1. The maximum atomic E-state index is 12.8. The van der Waals surface area contributed by atoms with E-state index in [4.69, 9.17) is 9.15 Å². The average Bonchev–Trinajstić information content (AvgIpc) is 3.45. The summed E-state index contributed by atoms with van der Waals surface area (Å²) in [6, 6.07) is 8.35. The van der Waals surface area contributed by atoms with E-state index in [1.165, 1.54) is 37.1 Å². The molecule has 172 valence electrons. The summed E-state index contributed by atoms with van der Waals surface area (Å²) in [6.45, 7) is 4.02. The zero-order chi connectivity index (χ0) is 23.7. The number of ether oxygens (including phenoxy) is 1. The van der Waals surface area contributed by atoms with Gasteiger partial charge in [0.15, 0.2) is 11.9 Å². The first-order valence-electron chi connectivity index (χ1n) is 10.6. The SMILES string of the molecule is C[C@H](OC(=O)[C@H](C)N1C(=O)c2ccccc2C1=O)C(=O)N1CCN(C(=O)c2ccco2)CC1. The number of amides is 4. The van der Waals surface area contributed by atoms with Gasteiger partial charge >= 0.3 is 5.97 Å². The van der Waals surface area contributed by atoms with Gasteiger partial charge in [-0.3, -0.25) is 24.1 Å². The van der Waals surface area contributed by atoms with Gasteiger partial charge in [-0.15, -0.1) is 0 Å². The van der Waals surface area contributed by atoms with Crippen LogP contribution in [0, 0.1) is 0 Å². The summed E-state index contributed by atoms with van der Waals surface area (Å²) >= 11 is 0. The Bertz CT molecular complexity index is 1070. The Morgan fingerprint density at radius 3 is 2.00 bits per heavy atom. The van der Waals surface area contributed by atoms with Crippen LogP contribution in [-0.4, -0.2) is 82.6 Å². The van der Waals surface area contributed by atoms with E-state index in [0.29, 0.717) is 13.1 Å². The van der Waals surface area contributed by atoms with E-state index in [1.54, 1.807) is 29.2 Å². The molecule has 0 radical (unpaired) electrons. The van der Waals surface area contributed by atoms with Crippen molar-refractivity contribution in [1.82, 2.24) is 14.7 Å². The topological polar surface area (TPSA) is 117 Å². The van der Waals surface area contributed by atoms with E-state index in [0.717, 1.165) is 4.90 Å². The summed E-state index contributed by atoms with van der Waals surface area (Å²) in [5, 5.41) is 0. The number of carbonyl (C=O) groups excluding carboxylic acids is 5. The summed E-state index contributed by atoms with van der Waals surface area (Å²) in [4.78, 5) is 66.9. The second-order valence-electron chi connectivity index (χ2n) is 7.88. The number of benzene rings is 1. The molecule has 0 aliphatic carbocycles. The van der Waals surface area contributed by atoms with Crippen molar-refractivity contribution in [3.8, 4) is 0 Å². The van der Waals surface area contributed by atoms with E-state index in [-0.39, 0.29) is 35.9 Å². The molecular weight excluding hydrogens is 430 g/mol. The summed E-state index contributed by atoms with van der Waals surface area (Å²) in [7, 11) is 0. The van der Waals surface area contributed by atoms with E-state index >= 15 is 0 Å². The van der Waals surface area contributed by atoms with Crippen LogP contribution < -0.4 is 0 Å². The fraction of sp³-hybridized carbons (Fsp3) is 0.348. The second kappa shape index (κ2) is 8.89. The molecule has 10 heteroatoms. The molecule has 0 unspecified atom stereocenters. The average molecular weight is 453 g/mol. The lowest BCUT2D eigenvalue weighted by atomic mass is 10.1. The molecule has 1 aromatic heterocycles. The minimum atomic E-state index is -1.18. The van der Waals surface area contributed by atoms with Crippen LogP contribution in [0.5, 0.6) is 0 Å². The molecule has 0 N–H and O–H groups in total. The van der Waals surface area contributed by atoms with Gasteiger partial charge in [0.1, 0.15) is 6.04 Å². The summed E-state index contributed by atoms with van der Waals surface area (Å²) in [5.41, 5.74) is 0.460. The van der Waals surface area contributed by atoms with E-state index in [2.05, 4.69) is 0 Å². The molecule has 2 atom stereocenters. The molecule has 1 fully saturated rings. The second-order valence-corrected chi connectivity index (χ2v) is 7.88. The predicted molar refractivity (Wildman–Crippen MR) is 113 cm³/mol. The Labute approximate surface area is 189 Å². The minimum Gasteiger partial charge on any atom is -0.459 e. The number of carbonyl (C=O) groups is 5. The van der Waals surface area contributed by atoms with Gasteiger partial charge in [-0.2, -0.15) is 0 Å². The number of imide groups is 1. The molecule has 0 saturated carbocycles. The van der Waals surface area contributed by atoms with Gasteiger partial charge in [0.25, 0.3) is 23.6 Å². The van der Waals surface area contributed by atoms with Gasteiger partial charge in [0.2, 0.25) is 0 Å². The number of piperazine rings is 1. The van der Waals surface area contributed by atoms with E-state index in [1.807, 2.05) is 0 Å². The molecule has 4 amide bonds. The maximum absolute atomic E-state index is 12.8. The highest BCUT2D eigenvalue weighted by molar-refractivity contribution is 6.22. The van der Waals surface area contributed by atoms with Gasteiger partial charge in [0.05, 0.1) is 17.4 Å². The largest absolute Gasteiger partial charge is 0.459 e. The van der Waals surface area contributed by atoms with Crippen molar-refractivity contribution in [3.05, 3.63) is 59.5 Å². The van der Waals surface area contributed by atoms with Crippen molar-refractivity contribution < 1.29 is 33.1 Å². The third-order valence-corrected chi connectivity index (χ3v) is 5.81. The summed E-state index contributed by atoms with van der Waals surface area (Å²) < 4.78 is 10.4. The predicted octanol–water partition coefficient (Wildman–Crippen LogP) is 1.18. The zero-order valence-corrected chi connectivity index (χ0v) is 18.2. The van der Waals surface area contributed by atoms with Crippen molar-refractivity contribution in [2.75, 3.05) is 26.2 Å². The normalized spacial score (nSPS) is 17.6. The summed E-state index contributed by atoms with van der Waals surface area (Å²) in [5.74, 6) is -2.42. The minimum absolute atomic E-state index is 0.230. The van der Waals surface area contributed by atoms with Crippen LogP contribution in [0.4, 0.5) is 0 Å². The number of fused-ring (bicyclic) bond motifs is 1. The smallest absolute Gasteiger partial charge is 0.329 e. The monoisotopic (exact) mass is 453 g/mol. The molecule has 2 aliphatic rings. The first kappa shape index (κ1) is 22.3. The first-order valence-corrected chi connectivity index (χ1v) is 10.6. The molecule has 1 aromatic carbocycles. The highest BCUT2D eigenvalue weighted by Gasteiger charge is 2.42. The van der Waals surface area contributed by atoms with E-state index < -0.39 is 35.8 Å². The molecule has 2 aromatic rings. The fourth-order valence-electron chi connectivity index (χ4n) is 3.93. The standard InChI is InChI=1S/C23H23N3O7/c1-14(26-20(28)16-6-3-4-7-17(16)21(26)29)23(31)33-15(2)19(27)24-9-11-25(12-10-24)22(30)18-8-5-13-32-18/h3-8,13-15H,9-12H2,1-2H3/t14-,15-/m0/s1. The molecule has 1 saturated heterocycles. The number of esters is 1. The van der Waals surface area contributed by atoms with Crippen LogP contribution in [0.1, 0.15) is 45.1 Å². The molecule has 3 heterocycles. The number of hydrogen-bond donors (Lipinski definition) is 0. The Hall–Kier alpha value is -3.95. The third kappa shape index (κ3) is 4.11. The lowest BCUT2D eigenvalue weighted by Gasteiger charge is -2.35. The van der Waals surface area contributed by atoms with Gasteiger partial charge in [0, 0.05) is 26.2 Å². The maximum Gasteiger partial charge on any atom is 0.329 e. The van der Waals surface area contributed by atoms with Crippen molar-refractivity contribution in [3.63, 3.8) is 0 Å². The molecule has 33 heavy (non-hydrogen) atoms. The van der Waals surface area contributed by atoms with Crippen LogP contribution in [0.3, 0.4) is 0 Å². The third-order valence-electron chi connectivity index (χ3n) is 5.81. The van der Waals surface area contributed by atoms with Gasteiger partial charge < -0.3 is 19.0 Å². The molecule has 0 spiro atoms. The zero-order valence-electron chi connectivity index (χ0n) is 18.2. The number of nitrogens with zero attached hydrogens (tertiary/aromatic N) is 3. The van der Waals surface area contributed by atoms with Crippen molar-refractivity contribution in [1.29, 1.82) is 0 Å². The lowest BCUT2D eigenvalue weighted by Crippen LogP contribution is -2.53. The van der Waals surface area contributed by atoms with Gasteiger partial charge in [-0.25, -0.2) is 4.79 Å². The van der Waals surface area contributed by atoms with Crippen LogP contribution >= 0.6 is 0 Å². The van der Waals surface area contributed by atoms with E-state index in [9.17, 15) is 24.0 Å². The Kier molecular flexibility index (Phi) is 5.99. The fourth-order valence-corrected chi connectivity index (χ4v) is 3.93. The molecule has 0 bridgehead atoms. The number of rotatable bonds is 5. The first-order chi connectivity index (χ1) is 15.8. The lowest BCUT2D eigenvalue weighted by molar-refractivity contribution is -0.162. The molecular formula is C23H23N3O7. The highest BCUT2D eigenvalue weighted by atomic mass is 16.5. The number of hydrogen-bond acceptors (Lipinski definition) is 7. The molecule has 10 nitrogen and oxygen atoms in total. The Morgan fingerprint density at radius 2 is 1.45 bits per heavy atom. The van der Waals surface area contributed by atoms with Crippen LogP contribution in [0.15, 0.2) is 47.1 Å². The van der Waals surface area contributed by atoms with Crippen molar-refractivity contribution >= 4 is 29.6 Å². The van der Waals surface area contributed by atoms with Gasteiger partial charge in [-0.1, -0.05) is 12.1 Å². The van der Waals surface area contributed by atoms with Gasteiger partial charge in [-0.05, 0) is 38.1 Å². The molecule has 4 rings (SSSR count). The van der Waals surface area contributed by atoms with Crippen LogP contribution in [-0.2, 0) is 14.3 Å². The highest BCUT2D eigenvalue weighted by Crippen LogP contribution is 2.25.